The van der Waals surface area contributed by atoms with Crippen molar-refractivity contribution in [2.75, 3.05) is 46.9 Å². The first-order valence-electron chi connectivity index (χ1n) is 9.13. The molecule has 2 N–H and O–H groups in total. The summed E-state index contributed by atoms with van der Waals surface area (Å²) in [7, 11) is 3.55. The van der Waals surface area contributed by atoms with Crippen molar-refractivity contribution in [3.8, 4) is 0 Å². The van der Waals surface area contributed by atoms with Crippen LogP contribution in [0.25, 0.3) is 0 Å². The molecule has 1 saturated heterocycles. The summed E-state index contributed by atoms with van der Waals surface area (Å²) >= 11 is 0. The molecule has 0 atom stereocenters. The Hall–Kier alpha value is -1.67. The highest BCUT2D eigenvalue weighted by atomic mass is 16.5. The molecule has 0 radical (unpaired) electrons. The highest BCUT2D eigenvalue weighted by Crippen LogP contribution is 2.10. The number of guanidine groups is 1. The predicted molar refractivity (Wildman–Crippen MR) is 97.9 cm³/mol. The molecule has 0 aromatic carbocycles. The zero-order valence-electron chi connectivity index (χ0n) is 15.9. The third-order valence-electron chi connectivity index (χ3n) is 4.40. The van der Waals surface area contributed by atoms with Crippen LogP contribution in [0.2, 0.25) is 0 Å². The Morgan fingerprint density at radius 2 is 2.16 bits per heavy atom. The van der Waals surface area contributed by atoms with Crippen LogP contribution in [0, 0.1) is 0 Å². The molecule has 0 bridgehead atoms. The van der Waals surface area contributed by atoms with Crippen LogP contribution >= 0.6 is 0 Å². The number of piperidine rings is 1. The van der Waals surface area contributed by atoms with Gasteiger partial charge in [-0.1, -0.05) is 19.0 Å². The number of nitrogens with zero attached hydrogens (tertiary/aromatic N) is 4. The summed E-state index contributed by atoms with van der Waals surface area (Å²) in [5, 5.41) is 10.8. The molecule has 0 unspecified atom stereocenters. The number of aliphatic imine (C=N–C) groups is 1. The number of hydrogen-bond acceptors (Lipinski definition) is 6. The van der Waals surface area contributed by atoms with Crippen molar-refractivity contribution in [3.05, 3.63) is 11.7 Å². The fourth-order valence-electron chi connectivity index (χ4n) is 2.80. The number of methoxy groups -OCH3 is 1. The van der Waals surface area contributed by atoms with E-state index in [0.717, 1.165) is 50.9 Å². The molecule has 1 fully saturated rings. The molecule has 0 aliphatic carbocycles. The topological polar surface area (TPSA) is 87.8 Å². The average molecular weight is 352 g/mol. The second-order valence-electron chi connectivity index (χ2n) is 6.70. The molecule has 25 heavy (non-hydrogen) atoms. The van der Waals surface area contributed by atoms with Crippen LogP contribution in [0.1, 0.15) is 44.3 Å². The molecule has 1 aromatic heterocycles. The maximum absolute atomic E-state index is 5.26. The van der Waals surface area contributed by atoms with E-state index < -0.39 is 0 Å². The van der Waals surface area contributed by atoms with E-state index in [1.165, 1.54) is 0 Å². The molecule has 2 rings (SSSR count). The van der Waals surface area contributed by atoms with Crippen molar-refractivity contribution in [2.24, 2.45) is 4.99 Å². The molecule has 1 aliphatic heterocycles. The number of ether oxygens (including phenoxy) is 1. The smallest absolute Gasteiger partial charge is 0.228 e. The Balaban J connectivity index is 1.67. The molecular formula is C17H32N6O2. The van der Waals surface area contributed by atoms with Gasteiger partial charge in [-0.25, -0.2) is 0 Å². The zero-order valence-corrected chi connectivity index (χ0v) is 15.9. The first-order valence-corrected chi connectivity index (χ1v) is 9.13. The lowest BCUT2D eigenvalue weighted by Gasteiger charge is -2.32. The maximum atomic E-state index is 5.26. The van der Waals surface area contributed by atoms with Gasteiger partial charge in [-0.05, 0) is 12.8 Å². The Labute approximate surface area is 150 Å². The Morgan fingerprint density at radius 1 is 1.40 bits per heavy atom. The minimum Gasteiger partial charge on any atom is -0.383 e. The normalized spacial score (nSPS) is 17.2. The van der Waals surface area contributed by atoms with Gasteiger partial charge in [-0.3, -0.25) is 4.99 Å². The predicted octanol–water partition coefficient (Wildman–Crippen LogP) is 1.01. The Kier molecular flexibility index (Phi) is 8.14. The van der Waals surface area contributed by atoms with Gasteiger partial charge in [0.15, 0.2) is 11.8 Å². The van der Waals surface area contributed by atoms with Crippen molar-refractivity contribution < 1.29 is 9.26 Å². The second kappa shape index (κ2) is 10.4. The lowest BCUT2D eigenvalue weighted by Crippen LogP contribution is -2.49. The van der Waals surface area contributed by atoms with Gasteiger partial charge in [0.2, 0.25) is 5.89 Å². The summed E-state index contributed by atoms with van der Waals surface area (Å²) in [5.74, 6) is 2.55. The van der Waals surface area contributed by atoms with Crippen molar-refractivity contribution >= 4 is 5.96 Å². The molecule has 0 saturated carbocycles. The van der Waals surface area contributed by atoms with Gasteiger partial charge in [-0.2, -0.15) is 4.98 Å². The van der Waals surface area contributed by atoms with E-state index in [0.29, 0.717) is 24.9 Å². The van der Waals surface area contributed by atoms with Crippen LogP contribution in [0.5, 0.6) is 0 Å². The fourth-order valence-corrected chi connectivity index (χ4v) is 2.80. The van der Waals surface area contributed by atoms with Crippen molar-refractivity contribution in [1.82, 2.24) is 25.7 Å². The molecule has 0 amide bonds. The van der Waals surface area contributed by atoms with Gasteiger partial charge >= 0.3 is 0 Å². The number of nitrogens with one attached hydrogen (secondary N) is 2. The molecule has 1 aromatic rings. The van der Waals surface area contributed by atoms with Crippen LogP contribution in [0.15, 0.2) is 9.52 Å². The third kappa shape index (κ3) is 6.62. The van der Waals surface area contributed by atoms with Crippen molar-refractivity contribution in [1.29, 1.82) is 0 Å². The summed E-state index contributed by atoms with van der Waals surface area (Å²) in [6.45, 7) is 8.83. The molecule has 142 valence electrons. The number of rotatable bonds is 8. The van der Waals surface area contributed by atoms with Crippen LogP contribution in [-0.2, 0) is 11.2 Å². The quantitative estimate of drug-likeness (QED) is 0.533. The van der Waals surface area contributed by atoms with Crippen molar-refractivity contribution in [2.45, 2.75) is 45.1 Å². The SMILES string of the molecule is CN=C(NCCc1nc(C(C)C)no1)NC1CCN(CCOC)CC1. The second-order valence-corrected chi connectivity index (χ2v) is 6.70. The Bertz CT molecular complexity index is 523. The largest absolute Gasteiger partial charge is 0.383 e. The van der Waals surface area contributed by atoms with E-state index >= 15 is 0 Å². The summed E-state index contributed by atoms with van der Waals surface area (Å²) in [6, 6.07) is 0.459. The molecule has 8 nitrogen and oxygen atoms in total. The number of aromatic nitrogens is 2. The van der Waals surface area contributed by atoms with Crippen LogP contribution in [-0.4, -0.2) is 74.0 Å². The Morgan fingerprint density at radius 3 is 2.76 bits per heavy atom. The third-order valence-corrected chi connectivity index (χ3v) is 4.40. The van der Waals surface area contributed by atoms with E-state index in [1.54, 1.807) is 14.2 Å². The van der Waals surface area contributed by atoms with Gasteiger partial charge in [0, 0.05) is 58.7 Å². The fraction of sp³-hybridized carbons (Fsp3) is 0.824. The molecule has 0 spiro atoms. The van der Waals surface area contributed by atoms with Crippen LogP contribution < -0.4 is 10.6 Å². The zero-order chi connectivity index (χ0) is 18.1. The standard InChI is InChI=1S/C17H32N6O2/c1-13(2)16-21-15(25-22-16)5-8-19-17(18-3)20-14-6-9-23(10-7-14)11-12-24-4/h13-14H,5-12H2,1-4H3,(H2,18,19,20). The number of likely N-dealkylation sites (tertiary alicyclic amines) is 1. The molecular weight excluding hydrogens is 320 g/mol. The summed E-state index contributed by atoms with van der Waals surface area (Å²) < 4.78 is 10.4. The molecule has 2 heterocycles. The highest BCUT2D eigenvalue weighted by molar-refractivity contribution is 5.79. The van der Waals surface area contributed by atoms with E-state index in [4.69, 9.17) is 9.26 Å². The van der Waals surface area contributed by atoms with Crippen LogP contribution in [0.3, 0.4) is 0 Å². The van der Waals surface area contributed by atoms with E-state index in [2.05, 4.69) is 44.5 Å². The minimum absolute atomic E-state index is 0.287. The summed E-state index contributed by atoms with van der Waals surface area (Å²) in [6.07, 6.45) is 2.92. The van der Waals surface area contributed by atoms with Gasteiger partial charge in [-0.15, -0.1) is 0 Å². The lowest BCUT2D eigenvalue weighted by atomic mass is 10.1. The average Bonchev–Trinajstić information content (AvgIpc) is 3.09. The van der Waals surface area contributed by atoms with Crippen LogP contribution in [0.4, 0.5) is 0 Å². The van der Waals surface area contributed by atoms with E-state index in [1.807, 2.05) is 0 Å². The van der Waals surface area contributed by atoms with Gasteiger partial charge in [0.25, 0.3) is 0 Å². The number of hydrogen-bond donors (Lipinski definition) is 2. The van der Waals surface area contributed by atoms with Gasteiger partial charge < -0.3 is 24.8 Å². The molecule has 1 aliphatic rings. The highest BCUT2D eigenvalue weighted by Gasteiger charge is 2.19. The summed E-state index contributed by atoms with van der Waals surface area (Å²) in [5.41, 5.74) is 0. The maximum Gasteiger partial charge on any atom is 0.228 e. The monoisotopic (exact) mass is 352 g/mol. The first-order chi connectivity index (χ1) is 12.1. The lowest BCUT2D eigenvalue weighted by molar-refractivity contribution is 0.128. The van der Waals surface area contributed by atoms with E-state index in [9.17, 15) is 0 Å². The first kappa shape index (κ1) is 19.7. The van der Waals surface area contributed by atoms with Gasteiger partial charge in [0.1, 0.15) is 0 Å². The van der Waals surface area contributed by atoms with E-state index in [-0.39, 0.29) is 5.92 Å². The minimum atomic E-state index is 0.287. The summed E-state index contributed by atoms with van der Waals surface area (Å²) in [4.78, 5) is 11.1. The molecule has 8 heteroatoms. The van der Waals surface area contributed by atoms with Gasteiger partial charge in [0.05, 0.1) is 6.61 Å². The van der Waals surface area contributed by atoms with Crippen molar-refractivity contribution in [3.63, 3.8) is 0 Å².